The van der Waals surface area contributed by atoms with Gasteiger partial charge in [0.15, 0.2) is 5.75 Å². The van der Waals surface area contributed by atoms with E-state index in [-0.39, 0.29) is 12.8 Å². The van der Waals surface area contributed by atoms with Gasteiger partial charge in [-0.1, -0.05) is 18.2 Å². The zero-order chi connectivity index (χ0) is 10.6. The highest BCUT2D eigenvalue weighted by molar-refractivity contribution is 7.59. The van der Waals surface area contributed by atoms with E-state index in [1.54, 1.807) is 31.2 Å². The lowest BCUT2D eigenvalue weighted by Gasteiger charge is -2.11. The molecule has 0 saturated carbocycles. The van der Waals surface area contributed by atoms with Gasteiger partial charge in [-0.3, -0.25) is 4.52 Å². The molecule has 0 saturated heterocycles. The summed E-state index contributed by atoms with van der Waals surface area (Å²) >= 11 is 0. The number of benzene rings is 1. The van der Waals surface area contributed by atoms with Gasteiger partial charge >= 0.3 is 7.94 Å². The van der Waals surface area contributed by atoms with Crippen molar-refractivity contribution in [2.75, 3.05) is 6.16 Å². The molecular formula is C9H14O4P+. The molecule has 0 aliphatic carbocycles. The first-order valence-corrected chi connectivity index (χ1v) is 6.10. The van der Waals surface area contributed by atoms with Crippen molar-refractivity contribution >= 4 is 7.94 Å². The number of hydrogen-bond acceptors (Lipinski definition) is 4. The summed E-state index contributed by atoms with van der Waals surface area (Å²) in [5, 5.41) is 8.96. The van der Waals surface area contributed by atoms with Crippen molar-refractivity contribution in [3.63, 3.8) is 0 Å². The van der Waals surface area contributed by atoms with Crippen molar-refractivity contribution in [3.05, 3.63) is 29.8 Å². The van der Waals surface area contributed by atoms with Gasteiger partial charge in [-0.25, -0.2) is 0 Å². The molecule has 0 unspecified atom stereocenters. The van der Waals surface area contributed by atoms with Crippen LogP contribution in [0, 0.1) is 0 Å². The Morgan fingerprint density at radius 3 is 2.50 bits per heavy atom. The van der Waals surface area contributed by atoms with Crippen LogP contribution in [-0.4, -0.2) is 21.1 Å². The summed E-state index contributed by atoms with van der Waals surface area (Å²) in [6.07, 6.45) is 0.159. The van der Waals surface area contributed by atoms with E-state index in [9.17, 15) is 9.79 Å². The quantitative estimate of drug-likeness (QED) is 0.665. The Bertz CT molecular complexity index is 301. The minimum absolute atomic E-state index is 0.159. The van der Waals surface area contributed by atoms with Crippen molar-refractivity contribution in [3.8, 4) is 5.75 Å². The van der Waals surface area contributed by atoms with E-state index < -0.39 is 7.94 Å². The van der Waals surface area contributed by atoms with E-state index in [4.69, 9.17) is 9.63 Å². The summed E-state index contributed by atoms with van der Waals surface area (Å²) in [5.41, 5.74) is 0.549. The van der Waals surface area contributed by atoms with Crippen LogP contribution >= 0.6 is 7.94 Å². The summed E-state index contributed by atoms with van der Waals surface area (Å²) in [6, 6.07) is 6.73. The fourth-order valence-electron chi connectivity index (χ4n) is 0.946. The predicted molar refractivity (Wildman–Crippen MR) is 54.9 cm³/mol. The highest BCUT2D eigenvalue weighted by Gasteiger charge is 2.34. The molecule has 78 valence electrons. The second-order valence-corrected chi connectivity index (χ2v) is 4.98. The maximum absolute atomic E-state index is 9.36. The third-order valence-electron chi connectivity index (χ3n) is 1.80. The Kier molecular flexibility index (Phi) is 3.84. The summed E-state index contributed by atoms with van der Waals surface area (Å²) in [7, 11) is -3.30. The van der Waals surface area contributed by atoms with Crippen molar-refractivity contribution in [2.45, 2.75) is 13.5 Å². The van der Waals surface area contributed by atoms with Crippen LogP contribution in [0.25, 0.3) is 0 Å². The van der Waals surface area contributed by atoms with Crippen molar-refractivity contribution in [1.82, 2.24) is 0 Å². The van der Waals surface area contributed by atoms with E-state index in [0.717, 1.165) is 0 Å². The number of aliphatic hydroxyl groups is 1. The molecule has 1 rings (SSSR count). The molecule has 0 aliphatic heterocycles. The van der Waals surface area contributed by atoms with Gasteiger partial charge in [0.2, 0.25) is 0 Å². The van der Waals surface area contributed by atoms with Gasteiger partial charge in [0, 0.05) is 5.56 Å². The highest BCUT2D eigenvalue weighted by atomic mass is 31.2. The summed E-state index contributed by atoms with van der Waals surface area (Å²) in [4.78, 5) is 18.7. The van der Waals surface area contributed by atoms with E-state index in [2.05, 4.69) is 0 Å². The molecule has 14 heavy (non-hydrogen) atoms. The average molecular weight is 217 g/mol. The van der Waals surface area contributed by atoms with Crippen LogP contribution in [0.2, 0.25) is 0 Å². The minimum atomic E-state index is -3.30. The van der Waals surface area contributed by atoms with Gasteiger partial charge in [0.05, 0.1) is 6.61 Å². The van der Waals surface area contributed by atoms with Gasteiger partial charge in [0.25, 0.3) is 0 Å². The minimum Gasteiger partial charge on any atom is -0.392 e. The second kappa shape index (κ2) is 4.71. The molecule has 1 aromatic carbocycles. The van der Waals surface area contributed by atoms with Crippen LogP contribution in [0.4, 0.5) is 0 Å². The smallest absolute Gasteiger partial charge is 0.392 e. The maximum atomic E-state index is 9.36. The molecule has 5 heteroatoms. The molecule has 0 heterocycles. The SMILES string of the molecule is CC[P+](O)(O)Oc1ccccc1CO. The predicted octanol–water partition coefficient (Wildman–Crippen LogP) is 1.32. The molecule has 0 radical (unpaired) electrons. The molecule has 1 aromatic rings. The largest absolute Gasteiger partial charge is 0.451 e. The fourth-order valence-corrected chi connectivity index (χ4v) is 1.57. The molecule has 0 spiro atoms. The van der Waals surface area contributed by atoms with Gasteiger partial charge < -0.3 is 5.11 Å². The molecule has 0 amide bonds. The van der Waals surface area contributed by atoms with Crippen molar-refractivity contribution in [1.29, 1.82) is 0 Å². The number of para-hydroxylation sites is 1. The monoisotopic (exact) mass is 217 g/mol. The number of hydrogen-bond donors (Lipinski definition) is 3. The molecule has 0 aliphatic rings. The van der Waals surface area contributed by atoms with Crippen LogP contribution < -0.4 is 4.52 Å². The second-order valence-electron chi connectivity index (χ2n) is 2.84. The average Bonchev–Trinajstić information content (AvgIpc) is 2.18. The Balaban J connectivity index is 2.85. The highest BCUT2D eigenvalue weighted by Crippen LogP contribution is 2.50. The molecule has 0 aromatic heterocycles. The molecule has 0 atom stereocenters. The number of aliphatic hydroxyl groups excluding tert-OH is 1. The topological polar surface area (TPSA) is 69.9 Å². The van der Waals surface area contributed by atoms with E-state index in [0.29, 0.717) is 11.3 Å². The third kappa shape index (κ3) is 2.93. The summed E-state index contributed by atoms with van der Waals surface area (Å²) < 4.78 is 5.04. The summed E-state index contributed by atoms with van der Waals surface area (Å²) in [6.45, 7) is 1.45. The van der Waals surface area contributed by atoms with Crippen LogP contribution in [0.1, 0.15) is 12.5 Å². The Morgan fingerprint density at radius 1 is 1.29 bits per heavy atom. The van der Waals surface area contributed by atoms with Crippen LogP contribution in [0.15, 0.2) is 24.3 Å². The van der Waals surface area contributed by atoms with Gasteiger partial charge in [-0.15, -0.1) is 0 Å². The molecule has 0 bridgehead atoms. The first-order chi connectivity index (χ1) is 6.59. The normalized spacial score (nSPS) is 11.4. The Morgan fingerprint density at radius 2 is 1.93 bits per heavy atom. The lowest BCUT2D eigenvalue weighted by molar-refractivity contribution is 0.274. The Hall–Kier alpha value is -0.670. The van der Waals surface area contributed by atoms with Gasteiger partial charge in [0.1, 0.15) is 6.16 Å². The lowest BCUT2D eigenvalue weighted by atomic mass is 10.2. The Labute approximate surface area is 83.4 Å². The van der Waals surface area contributed by atoms with Crippen LogP contribution in [0.3, 0.4) is 0 Å². The lowest BCUT2D eigenvalue weighted by Crippen LogP contribution is -2.03. The standard InChI is InChI=1S/C9H14O4P/c1-2-14(11,12)13-9-6-4-3-5-8(9)7-10/h3-6,10-12H,2,7H2,1H3/q+1. The molecular weight excluding hydrogens is 203 g/mol. The molecule has 3 N–H and O–H groups in total. The van der Waals surface area contributed by atoms with Crippen molar-refractivity contribution in [2.24, 2.45) is 0 Å². The van der Waals surface area contributed by atoms with Crippen LogP contribution in [-0.2, 0) is 6.61 Å². The number of rotatable bonds is 4. The molecule has 4 nitrogen and oxygen atoms in total. The van der Waals surface area contributed by atoms with Crippen LogP contribution in [0.5, 0.6) is 5.75 Å². The third-order valence-corrected chi connectivity index (χ3v) is 3.11. The van der Waals surface area contributed by atoms with Gasteiger partial charge in [-0.05, 0) is 13.0 Å². The van der Waals surface area contributed by atoms with Gasteiger partial charge in [-0.2, -0.15) is 9.79 Å². The first-order valence-electron chi connectivity index (χ1n) is 4.31. The maximum Gasteiger partial charge on any atom is 0.451 e. The van der Waals surface area contributed by atoms with E-state index in [1.165, 1.54) is 0 Å². The zero-order valence-electron chi connectivity index (χ0n) is 7.92. The van der Waals surface area contributed by atoms with Crippen molar-refractivity contribution < 1.29 is 19.4 Å². The first kappa shape index (κ1) is 11.4. The van der Waals surface area contributed by atoms with E-state index in [1.807, 2.05) is 0 Å². The molecule has 0 fully saturated rings. The van der Waals surface area contributed by atoms with E-state index >= 15 is 0 Å². The zero-order valence-corrected chi connectivity index (χ0v) is 8.82. The fraction of sp³-hybridized carbons (Fsp3) is 0.333. The summed E-state index contributed by atoms with van der Waals surface area (Å²) in [5.74, 6) is 0.329.